The Kier molecular flexibility index (Phi) is 7.26. The molecule has 1 amide bonds. The Bertz CT molecular complexity index is 1300. The Labute approximate surface area is 211 Å². The van der Waals surface area contributed by atoms with Crippen LogP contribution in [0.3, 0.4) is 0 Å². The number of nitrogens with zero attached hydrogens (tertiary/aromatic N) is 4. The van der Waals surface area contributed by atoms with Gasteiger partial charge in [-0.25, -0.2) is 0 Å². The number of aryl methyl sites for hydroxylation is 1. The Balaban J connectivity index is 1.24. The van der Waals surface area contributed by atoms with Crippen molar-refractivity contribution < 1.29 is 9.53 Å². The van der Waals surface area contributed by atoms with Crippen LogP contribution in [0.4, 0.5) is 11.5 Å². The maximum atomic E-state index is 13.0. The number of hydrogen-bond donors (Lipinski definition) is 1. The van der Waals surface area contributed by atoms with Gasteiger partial charge in [0.2, 0.25) is 0 Å². The summed E-state index contributed by atoms with van der Waals surface area (Å²) in [5.41, 5.74) is 2.84. The van der Waals surface area contributed by atoms with Crippen LogP contribution in [0, 0.1) is 0 Å². The molecule has 7 nitrogen and oxygen atoms in total. The van der Waals surface area contributed by atoms with Crippen LogP contribution in [0.2, 0.25) is 0 Å². The van der Waals surface area contributed by atoms with Gasteiger partial charge in [0.15, 0.2) is 11.5 Å². The van der Waals surface area contributed by atoms with Gasteiger partial charge >= 0.3 is 0 Å². The fourth-order valence-electron chi connectivity index (χ4n) is 4.68. The van der Waals surface area contributed by atoms with Crippen LogP contribution in [0.5, 0.6) is 5.75 Å². The minimum Gasteiger partial charge on any atom is -0.497 e. The van der Waals surface area contributed by atoms with Crippen LogP contribution in [-0.2, 0) is 6.42 Å². The molecule has 2 heterocycles. The first-order valence-corrected chi connectivity index (χ1v) is 12.4. The molecule has 1 saturated heterocycles. The van der Waals surface area contributed by atoms with Gasteiger partial charge in [0.25, 0.3) is 5.91 Å². The smallest absolute Gasteiger partial charge is 0.272 e. The minimum absolute atomic E-state index is 0.178. The lowest BCUT2D eigenvalue weighted by Gasteiger charge is -2.37. The number of hydrogen-bond acceptors (Lipinski definition) is 6. The molecule has 3 aromatic carbocycles. The third-order valence-corrected chi connectivity index (χ3v) is 6.67. The Hall–Kier alpha value is -4.13. The summed E-state index contributed by atoms with van der Waals surface area (Å²) in [5, 5.41) is 13.7. The van der Waals surface area contributed by atoms with Crippen LogP contribution in [0.25, 0.3) is 10.8 Å². The second-order valence-corrected chi connectivity index (χ2v) is 8.93. The molecule has 0 atom stereocenters. The molecule has 1 aliphatic heterocycles. The first-order chi connectivity index (χ1) is 17.7. The Morgan fingerprint density at radius 3 is 2.22 bits per heavy atom. The van der Waals surface area contributed by atoms with E-state index in [1.165, 1.54) is 11.3 Å². The number of carbonyl (C=O) groups excluding carboxylic acids is 1. The molecule has 184 valence electrons. The number of aromatic nitrogens is 2. The number of amides is 1. The van der Waals surface area contributed by atoms with E-state index >= 15 is 0 Å². The maximum absolute atomic E-state index is 13.0. The van der Waals surface area contributed by atoms with Crippen molar-refractivity contribution in [2.24, 2.45) is 0 Å². The molecule has 1 N–H and O–H groups in total. The summed E-state index contributed by atoms with van der Waals surface area (Å²) < 4.78 is 5.27. The molecule has 1 aromatic heterocycles. The van der Waals surface area contributed by atoms with E-state index in [-0.39, 0.29) is 5.91 Å². The van der Waals surface area contributed by atoms with Crippen molar-refractivity contribution >= 4 is 28.2 Å². The van der Waals surface area contributed by atoms with E-state index in [2.05, 4.69) is 49.6 Å². The molecule has 36 heavy (non-hydrogen) atoms. The molecule has 1 aliphatic rings. The first kappa shape index (κ1) is 23.6. The lowest BCUT2D eigenvalue weighted by atomic mass is 10.1. The van der Waals surface area contributed by atoms with E-state index in [4.69, 9.17) is 4.74 Å². The zero-order chi connectivity index (χ0) is 24.7. The molecule has 0 bridgehead atoms. The topological polar surface area (TPSA) is 70.6 Å². The summed E-state index contributed by atoms with van der Waals surface area (Å²) in [4.78, 5) is 17.6. The Morgan fingerprint density at radius 1 is 0.833 bits per heavy atom. The van der Waals surface area contributed by atoms with Crippen LogP contribution >= 0.6 is 0 Å². The van der Waals surface area contributed by atoms with E-state index in [0.717, 1.165) is 61.4 Å². The van der Waals surface area contributed by atoms with Gasteiger partial charge in [0, 0.05) is 49.2 Å². The highest BCUT2D eigenvalue weighted by Gasteiger charge is 2.23. The predicted octanol–water partition coefficient (Wildman–Crippen LogP) is 4.33. The summed E-state index contributed by atoms with van der Waals surface area (Å²) in [7, 11) is 1.68. The number of carbonyl (C=O) groups is 1. The average Bonchev–Trinajstić information content (AvgIpc) is 2.95. The van der Waals surface area contributed by atoms with Crippen molar-refractivity contribution in [3.05, 3.63) is 90.1 Å². The van der Waals surface area contributed by atoms with Gasteiger partial charge in [-0.2, -0.15) is 0 Å². The van der Waals surface area contributed by atoms with Crippen molar-refractivity contribution in [2.75, 3.05) is 49.6 Å². The molecule has 0 unspecified atom stereocenters. The van der Waals surface area contributed by atoms with E-state index in [1.807, 2.05) is 54.6 Å². The average molecular weight is 482 g/mol. The normalized spacial score (nSPS) is 13.6. The number of rotatable bonds is 8. The molecule has 0 saturated carbocycles. The molecule has 1 fully saturated rings. The third-order valence-electron chi connectivity index (χ3n) is 6.67. The third kappa shape index (κ3) is 5.25. The van der Waals surface area contributed by atoms with Gasteiger partial charge in [-0.1, -0.05) is 54.6 Å². The highest BCUT2D eigenvalue weighted by atomic mass is 16.5. The van der Waals surface area contributed by atoms with Crippen LogP contribution in [-0.4, -0.2) is 55.9 Å². The monoisotopic (exact) mass is 481 g/mol. The van der Waals surface area contributed by atoms with Gasteiger partial charge in [-0.15, -0.1) is 10.2 Å². The summed E-state index contributed by atoms with van der Waals surface area (Å²) in [5.74, 6) is 1.52. The lowest BCUT2D eigenvalue weighted by Crippen LogP contribution is -2.47. The number of methoxy groups -OCH3 is 1. The molecular weight excluding hydrogens is 450 g/mol. The van der Waals surface area contributed by atoms with Crippen LogP contribution < -0.4 is 19.9 Å². The molecule has 0 aliphatic carbocycles. The highest BCUT2D eigenvalue weighted by Crippen LogP contribution is 2.28. The number of ether oxygens (including phenoxy) is 1. The van der Waals surface area contributed by atoms with Crippen molar-refractivity contribution in [1.82, 2.24) is 15.5 Å². The molecule has 0 radical (unpaired) electrons. The molecule has 7 heteroatoms. The minimum atomic E-state index is -0.178. The van der Waals surface area contributed by atoms with Crippen molar-refractivity contribution in [1.29, 1.82) is 0 Å². The maximum Gasteiger partial charge on any atom is 0.272 e. The van der Waals surface area contributed by atoms with Crippen molar-refractivity contribution in [3.63, 3.8) is 0 Å². The molecular formula is C29H31N5O2. The van der Waals surface area contributed by atoms with Crippen molar-refractivity contribution in [2.45, 2.75) is 12.8 Å². The largest absolute Gasteiger partial charge is 0.497 e. The number of nitrogens with one attached hydrogen (secondary N) is 1. The zero-order valence-electron chi connectivity index (χ0n) is 20.6. The van der Waals surface area contributed by atoms with E-state index < -0.39 is 0 Å². The summed E-state index contributed by atoms with van der Waals surface area (Å²) in [6.07, 6.45) is 1.80. The fourth-order valence-corrected chi connectivity index (χ4v) is 4.68. The number of piperazine rings is 1. The Morgan fingerprint density at radius 2 is 1.50 bits per heavy atom. The van der Waals surface area contributed by atoms with Gasteiger partial charge < -0.3 is 19.9 Å². The number of benzene rings is 3. The quantitative estimate of drug-likeness (QED) is 0.378. The van der Waals surface area contributed by atoms with Gasteiger partial charge in [-0.3, -0.25) is 4.79 Å². The van der Waals surface area contributed by atoms with Crippen LogP contribution in [0.1, 0.15) is 22.5 Å². The molecule has 5 rings (SSSR count). The summed E-state index contributed by atoms with van der Waals surface area (Å²) in [6, 6.07) is 26.4. The summed E-state index contributed by atoms with van der Waals surface area (Å²) >= 11 is 0. The van der Waals surface area contributed by atoms with Gasteiger partial charge in [0.05, 0.1) is 7.11 Å². The van der Waals surface area contributed by atoms with Crippen LogP contribution in [0.15, 0.2) is 78.9 Å². The van der Waals surface area contributed by atoms with E-state index in [1.54, 1.807) is 7.11 Å². The van der Waals surface area contributed by atoms with E-state index in [9.17, 15) is 4.79 Å². The molecule has 4 aromatic rings. The number of fused-ring (bicyclic) bond motifs is 1. The first-order valence-electron chi connectivity index (χ1n) is 12.4. The standard InChI is InChI=1S/C29H31N5O2/c1-36-24-15-13-23(14-16-24)33-18-20-34(21-19-33)28-26-12-6-5-11-25(26)27(31-32-28)29(35)30-17-7-10-22-8-3-2-4-9-22/h2-6,8-9,11-16H,7,10,17-21H2,1H3,(H,30,35). The molecule has 0 spiro atoms. The summed E-state index contributed by atoms with van der Waals surface area (Å²) in [6.45, 7) is 4.02. The van der Waals surface area contributed by atoms with Crippen molar-refractivity contribution in [3.8, 4) is 5.75 Å². The van der Waals surface area contributed by atoms with Gasteiger partial charge in [0.1, 0.15) is 5.75 Å². The van der Waals surface area contributed by atoms with Gasteiger partial charge in [-0.05, 0) is 42.7 Å². The SMILES string of the molecule is COc1ccc(N2CCN(c3nnc(C(=O)NCCCc4ccccc4)c4ccccc34)CC2)cc1. The lowest BCUT2D eigenvalue weighted by molar-refractivity contribution is 0.0949. The zero-order valence-corrected chi connectivity index (χ0v) is 20.6. The number of anilines is 2. The fraction of sp³-hybridized carbons (Fsp3) is 0.276. The highest BCUT2D eigenvalue weighted by molar-refractivity contribution is 6.07. The second-order valence-electron chi connectivity index (χ2n) is 8.93. The predicted molar refractivity (Wildman–Crippen MR) is 144 cm³/mol. The second kappa shape index (κ2) is 11.1. The van der Waals surface area contributed by atoms with E-state index in [0.29, 0.717) is 12.2 Å².